The molecule has 0 fully saturated rings. The molecular weight excluding hydrogens is 336 g/mol. The Bertz CT molecular complexity index is 960. The first kappa shape index (κ1) is 17.3. The Labute approximate surface area is 149 Å². The highest BCUT2D eigenvalue weighted by Crippen LogP contribution is 2.21. The molecule has 0 radical (unpaired) electrons. The van der Waals surface area contributed by atoms with E-state index in [1.165, 1.54) is 11.8 Å². The summed E-state index contributed by atoms with van der Waals surface area (Å²) in [5, 5.41) is 3.35. The topological polar surface area (TPSA) is 79.8 Å². The van der Waals surface area contributed by atoms with E-state index in [1.54, 1.807) is 4.57 Å². The van der Waals surface area contributed by atoms with Crippen LogP contribution in [0, 0.1) is 6.92 Å². The molecule has 0 saturated carbocycles. The van der Waals surface area contributed by atoms with Gasteiger partial charge in [0, 0.05) is 11.7 Å². The molecule has 0 aliphatic heterocycles. The van der Waals surface area contributed by atoms with Crippen molar-refractivity contribution in [2.24, 2.45) is 0 Å². The van der Waals surface area contributed by atoms with Crippen molar-refractivity contribution >= 4 is 28.7 Å². The van der Waals surface area contributed by atoms with Crippen LogP contribution in [0.15, 0.2) is 46.3 Å². The third kappa shape index (κ3) is 3.76. The van der Waals surface area contributed by atoms with Crippen molar-refractivity contribution in [3.05, 3.63) is 52.4 Å². The van der Waals surface area contributed by atoms with Crippen molar-refractivity contribution in [1.82, 2.24) is 19.9 Å². The number of hydrogen-bond donors (Lipinski definition) is 2. The number of aryl methyl sites for hydroxylation is 1. The van der Waals surface area contributed by atoms with Gasteiger partial charge in [0.2, 0.25) is 5.91 Å². The van der Waals surface area contributed by atoms with Crippen LogP contribution in [0.2, 0.25) is 0 Å². The Kier molecular flexibility index (Phi) is 4.94. The summed E-state index contributed by atoms with van der Waals surface area (Å²) < 4.78 is 1.55. The van der Waals surface area contributed by atoms with Crippen molar-refractivity contribution in [3.63, 3.8) is 0 Å². The summed E-state index contributed by atoms with van der Waals surface area (Å²) in [6, 6.07) is 11.2. The Morgan fingerprint density at radius 2 is 2.04 bits per heavy atom. The number of hydrogen-bond acceptors (Lipinski definition) is 4. The Morgan fingerprint density at radius 3 is 2.72 bits per heavy atom. The van der Waals surface area contributed by atoms with Gasteiger partial charge in [0.1, 0.15) is 5.52 Å². The van der Waals surface area contributed by atoms with Gasteiger partial charge in [0.05, 0.1) is 17.0 Å². The fourth-order valence-electron chi connectivity index (χ4n) is 2.57. The van der Waals surface area contributed by atoms with Crippen LogP contribution in [0.5, 0.6) is 0 Å². The SMILES string of the molecule is Cc1cc2nc(SCC(=O)NC(C)C)n(-c3ccccc3)c(=O)c2[nH]1. The average molecular weight is 356 g/mol. The number of para-hydroxylation sites is 1. The largest absolute Gasteiger partial charge is 0.353 e. The van der Waals surface area contributed by atoms with Crippen LogP contribution in [0.4, 0.5) is 0 Å². The van der Waals surface area contributed by atoms with Gasteiger partial charge in [-0.25, -0.2) is 4.98 Å². The second-order valence-electron chi connectivity index (χ2n) is 6.09. The quantitative estimate of drug-likeness (QED) is 0.544. The summed E-state index contributed by atoms with van der Waals surface area (Å²) in [6.07, 6.45) is 0. The van der Waals surface area contributed by atoms with Crippen LogP contribution in [0.25, 0.3) is 16.7 Å². The molecule has 130 valence electrons. The zero-order chi connectivity index (χ0) is 18.0. The van der Waals surface area contributed by atoms with Crippen molar-refractivity contribution in [2.75, 3.05) is 5.75 Å². The van der Waals surface area contributed by atoms with E-state index >= 15 is 0 Å². The van der Waals surface area contributed by atoms with Gasteiger partial charge in [-0.2, -0.15) is 0 Å². The van der Waals surface area contributed by atoms with Gasteiger partial charge >= 0.3 is 0 Å². The van der Waals surface area contributed by atoms with Crippen LogP contribution < -0.4 is 10.9 Å². The normalized spacial score (nSPS) is 11.2. The van der Waals surface area contributed by atoms with E-state index in [2.05, 4.69) is 15.3 Å². The minimum atomic E-state index is -0.170. The van der Waals surface area contributed by atoms with E-state index in [-0.39, 0.29) is 23.3 Å². The summed E-state index contributed by atoms with van der Waals surface area (Å²) in [5.41, 5.74) is 2.51. The first-order valence-corrected chi connectivity index (χ1v) is 9.04. The van der Waals surface area contributed by atoms with Gasteiger partial charge in [0.25, 0.3) is 5.56 Å². The molecule has 7 heteroatoms. The third-order valence-electron chi connectivity index (χ3n) is 3.55. The number of aromatic amines is 1. The standard InChI is InChI=1S/C18H20N4O2S/c1-11(2)19-15(23)10-25-18-21-14-9-12(3)20-16(14)17(24)22(18)13-7-5-4-6-8-13/h4-9,11,20H,10H2,1-3H3,(H,19,23). The maximum atomic E-state index is 13.0. The van der Waals surface area contributed by atoms with Crippen LogP contribution in [-0.4, -0.2) is 32.2 Å². The number of rotatable bonds is 5. The average Bonchev–Trinajstić information content (AvgIpc) is 2.94. The van der Waals surface area contributed by atoms with E-state index in [1.807, 2.05) is 57.2 Å². The molecule has 3 rings (SSSR count). The molecule has 0 atom stereocenters. The Morgan fingerprint density at radius 1 is 1.32 bits per heavy atom. The maximum Gasteiger partial charge on any atom is 0.283 e. The highest BCUT2D eigenvalue weighted by molar-refractivity contribution is 7.99. The summed E-state index contributed by atoms with van der Waals surface area (Å²) >= 11 is 1.26. The number of nitrogens with zero attached hydrogens (tertiary/aromatic N) is 2. The lowest BCUT2D eigenvalue weighted by Crippen LogP contribution is -2.32. The zero-order valence-electron chi connectivity index (χ0n) is 14.4. The van der Waals surface area contributed by atoms with E-state index in [4.69, 9.17) is 0 Å². The number of nitrogens with one attached hydrogen (secondary N) is 2. The van der Waals surface area contributed by atoms with Gasteiger partial charge < -0.3 is 10.3 Å². The minimum absolute atomic E-state index is 0.0761. The second-order valence-corrected chi connectivity index (χ2v) is 7.04. The second kappa shape index (κ2) is 7.14. The van der Waals surface area contributed by atoms with Crippen LogP contribution in [0.3, 0.4) is 0 Å². The lowest BCUT2D eigenvalue weighted by atomic mass is 10.3. The molecule has 1 amide bonds. The predicted octanol–water partition coefficient (Wildman–Crippen LogP) is 2.64. The number of carbonyl (C=O) groups excluding carboxylic acids is 1. The first-order chi connectivity index (χ1) is 12.0. The van der Waals surface area contributed by atoms with Crippen LogP contribution >= 0.6 is 11.8 Å². The van der Waals surface area contributed by atoms with Crippen LogP contribution in [0.1, 0.15) is 19.5 Å². The van der Waals surface area contributed by atoms with Gasteiger partial charge in [-0.05, 0) is 39.0 Å². The zero-order valence-corrected chi connectivity index (χ0v) is 15.2. The molecule has 2 aromatic heterocycles. The number of H-pyrrole nitrogens is 1. The lowest BCUT2D eigenvalue weighted by Gasteiger charge is -2.12. The monoisotopic (exact) mass is 356 g/mol. The van der Waals surface area contributed by atoms with E-state index in [0.29, 0.717) is 16.2 Å². The fourth-order valence-corrected chi connectivity index (χ4v) is 3.40. The highest BCUT2D eigenvalue weighted by atomic mass is 32.2. The molecule has 3 aromatic rings. The number of amides is 1. The molecule has 0 unspecified atom stereocenters. The van der Waals surface area contributed by atoms with Gasteiger partial charge in [0.15, 0.2) is 5.16 Å². The van der Waals surface area contributed by atoms with E-state index in [0.717, 1.165) is 11.4 Å². The maximum absolute atomic E-state index is 13.0. The van der Waals surface area contributed by atoms with E-state index < -0.39 is 0 Å². The minimum Gasteiger partial charge on any atom is -0.353 e. The smallest absolute Gasteiger partial charge is 0.283 e. The van der Waals surface area contributed by atoms with Crippen molar-refractivity contribution < 1.29 is 4.79 Å². The Balaban J connectivity index is 2.06. The van der Waals surface area contributed by atoms with Crippen molar-refractivity contribution in [1.29, 1.82) is 0 Å². The number of aromatic nitrogens is 3. The fraction of sp³-hybridized carbons (Fsp3) is 0.278. The molecular formula is C18H20N4O2S. The first-order valence-electron chi connectivity index (χ1n) is 8.05. The molecule has 0 saturated heterocycles. The van der Waals surface area contributed by atoms with E-state index in [9.17, 15) is 9.59 Å². The van der Waals surface area contributed by atoms with Crippen molar-refractivity contribution in [3.8, 4) is 5.69 Å². The third-order valence-corrected chi connectivity index (χ3v) is 4.49. The number of benzene rings is 1. The molecule has 2 N–H and O–H groups in total. The molecule has 2 heterocycles. The van der Waals surface area contributed by atoms with Crippen molar-refractivity contribution in [2.45, 2.75) is 32.0 Å². The molecule has 0 aliphatic rings. The molecule has 0 bridgehead atoms. The van der Waals surface area contributed by atoms with Crippen LogP contribution in [-0.2, 0) is 4.79 Å². The summed E-state index contributed by atoms with van der Waals surface area (Å²) in [5.74, 6) is 0.117. The van der Waals surface area contributed by atoms with Gasteiger partial charge in [-0.1, -0.05) is 30.0 Å². The summed E-state index contributed by atoms with van der Waals surface area (Å²) in [7, 11) is 0. The summed E-state index contributed by atoms with van der Waals surface area (Å²) in [4.78, 5) is 32.6. The highest BCUT2D eigenvalue weighted by Gasteiger charge is 2.16. The van der Waals surface area contributed by atoms with Gasteiger partial charge in [-0.15, -0.1) is 0 Å². The predicted molar refractivity (Wildman–Crippen MR) is 100 cm³/mol. The lowest BCUT2D eigenvalue weighted by molar-refractivity contribution is -0.119. The number of carbonyl (C=O) groups is 1. The molecule has 25 heavy (non-hydrogen) atoms. The molecule has 6 nitrogen and oxygen atoms in total. The summed E-state index contributed by atoms with van der Waals surface area (Å²) in [6.45, 7) is 5.71. The Hall–Kier alpha value is -2.54. The molecule has 0 aliphatic carbocycles. The molecule has 0 spiro atoms. The number of fused-ring (bicyclic) bond motifs is 1. The molecule has 1 aromatic carbocycles. The number of thioether (sulfide) groups is 1. The van der Waals surface area contributed by atoms with Gasteiger partial charge in [-0.3, -0.25) is 14.2 Å².